The minimum Gasteiger partial charge on any atom is -0.496 e. The average molecular weight is 264 g/mol. The minimum absolute atomic E-state index is 0.199. The number of hydrogen-bond acceptors (Lipinski definition) is 5. The zero-order valence-corrected chi connectivity index (χ0v) is 10.9. The first-order valence-electron chi connectivity index (χ1n) is 5.67. The highest BCUT2D eigenvalue weighted by molar-refractivity contribution is 7.10. The third kappa shape index (κ3) is 2.69. The number of methoxy groups -OCH3 is 1. The summed E-state index contributed by atoms with van der Waals surface area (Å²) < 4.78 is 5.12. The summed E-state index contributed by atoms with van der Waals surface area (Å²) in [6.45, 7) is 0.346. The Hall–Kier alpha value is -1.43. The lowest BCUT2D eigenvalue weighted by atomic mass is 9.97. The molecule has 2 rings (SSSR count). The van der Waals surface area contributed by atoms with Gasteiger partial charge in [0, 0.05) is 34.6 Å². The van der Waals surface area contributed by atoms with Crippen LogP contribution >= 0.6 is 11.3 Å². The molecule has 4 nitrogen and oxygen atoms in total. The lowest BCUT2D eigenvalue weighted by Crippen LogP contribution is -2.20. The van der Waals surface area contributed by atoms with Crippen molar-refractivity contribution in [3.05, 3.63) is 46.4 Å². The first-order valence-corrected chi connectivity index (χ1v) is 6.55. The van der Waals surface area contributed by atoms with Gasteiger partial charge in [0.2, 0.25) is 0 Å². The minimum atomic E-state index is -0.654. The van der Waals surface area contributed by atoms with Crippen LogP contribution in [0.25, 0.3) is 0 Å². The van der Waals surface area contributed by atoms with Gasteiger partial charge in [0.15, 0.2) is 0 Å². The zero-order valence-electron chi connectivity index (χ0n) is 10.1. The molecule has 5 heteroatoms. The van der Waals surface area contributed by atoms with Crippen LogP contribution < -0.4 is 10.5 Å². The van der Waals surface area contributed by atoms with Crippen LogP contribution in [0.3, 0.4) is 0 Å². The van der Waals surface area contributed by atoms with E-state index in [0.717, 1.165) is 16.3 Å². The Morgan fingerprint density at radius 2 is 2.33 bits per heavy atom. The molecule has 0 saturated heterocycles. The van der Waals surface area contributed by atoms with Crippen LogP contribution in [0, 0.1) is 0 Å². The van der Waals surface area contributed by atoms with Crippen molar-refractivity contribution in [1.29, 1.82) is 0 Å². The SMILES string of the molecule is COc1csc(C(O)C(CN)c2ccccn2)c1. The van der Waals surface area contributed by atoms with E-state index >= 15 is 0 Å². The van der Waals surface area contributed by atoms with Crippen molar-refractivity contribution in [2.75, 3.05) is 13.7 Å². The third-order valence-electron chi connectivity index (χ3n) is 2.83. The van der Waals surface area contributed by atoms with Gasteiger partial charge in [0.25, 0.3) is 0 Å². The number of aliphatic hydroxyl groups is 1. The predicted molar refractivity (Wildman–Crippen MR) is 71.9 cm³/mol. The van der Waals surface area contributed by atoms with Gasteiger partial charge in [-0.25, -0.2) is 0 Å². The van der Waals surface area contributed by atoms with Crippen molar-refractivity contribution >= 4 is 11.3 Å². The summed E-state index contributed by atoms with van der Waals surface area (Å²) in [4.78, 5) is 5.10. The summed E-state index contributed by atoms with van der Waals surface area (Å²) in [7, 11) is 1.61. The lowest BCUT2D eigenvalue weighted by molar-refractivity contribution is 0.149. The second kappa shape index (κ2) is 5.95. The van der Waals surface area contributed by atoms with Gasteiger partial charge < -0.3 is 15.6 Å². The Morgan fingerprint density at radius 3 is 2.89 bits per heavy atom. The molecule has 2 unspecified atom stereocenters. The van der Waals surface area contributed by atoms with E-state index in [0.29, 0.717) is 6.54 Å². The summed E-state index contributed by atoms with van der Waals surface area (Å²) in [6, 6.07) is 7.46. The number of rotatable bonds is 5. The van der Waals surface area contributed by atoms with Gasteiger partial charge >= 0.3 is 0 Å². The first-order chi connectivity index (χ1) is 8.76. The third-order valence-corrected chi connectivity index (χ3v) is 3.81. The molecule has 0 saturated carbocycles. The normalized spacial score (nSPS) is 14.2. The number of ether oxygens (including phenoxy) is 1. The molecule has 96 valence electrons. The van der Waals surface area contributed by atoms with Gasteiger partial charge in [-0.05, 0) is 18.2 Å². The van der Waals surface area contributed by atoms with Crippen molar-refractivity contribution in [1.82, 2.24) is 4.98 Å². The van der Waals surface area contributed by atoms with Crippen molar-refractivity contribution in [2.45, 2.75) is 12.0 Å². The molecule has 0 aliphatic carbocycles. The van der Waals surface area contributed by atoms with Crippen molar-refractivity contribution in [3.8, 4) is 5.75 Å². The van der Waals surface area contributed by atoms with Crippen LogP contribution in [0.4, 0.5) is 0 Å². The van der Waals surface area contributed by atoms with Crippen LogP contribution in [-0.4, -0.2) is 23.7 Å². The second-order valence-corrected chi connectivity index (χ2v) is 4.87. The Labute approximate surface area is 110 Å². The molecule has 2 aromatic heterocycles. The highest BCUT2D eigenvalue weighted by Gasteiger charge is 2.24. The molecule has 2 atom stereocenters. The standard InChI is InChI=1S/C13H16N2O2S/c1-17-9-6-12(18-8-9)13(16)10(7-14)11-4-2-3-5-15-11/h2-6,8,10,13,16H,7,14H2,1H3. The highest BCUT2D eigenvalue weighted by atomic mass is 32.1. The van der Waals surface area contributed by atoms with Gasteiger partial charge in [-0.15, -0.1) is 11.3 Å². The van der Waals surface area contributed by atoms with Crippen LogP contribution in [0.2, 0.25) is 0 Å². The summed E-state index contributed by atoms with van der Waals surface area (Å²) in [5.74, 6) is 0.556. The van der Waals surface area contributed by atoms with E-state index < -0.39 is 6.10 Å². The van der Waals surface area contributed by atoms with Crippen molar-refractivity contribution in [2.24, 2.45) is 5.73 Å². The molecule has 0 aromatic carbocycles. The molecule has 3 N–H and O–H groups in total. The molecular weight excluding hydrogens is 248 g/mol. The first kappa shape index (κ1) is 13.0. The Morgan fingerprint density at radius 1 is 1.50 bits per heavy atom. The summed E-state index contributed by atoms with van der Waals surface area (Å²) in [5, 5.41) is 12.2. The number of nitrogens with zero attached hydrogens (tertiary/aromatic N) is 1. The molecule has 0 spiro atoms. The fourth-order valence-electron chi connectivity index (χ4n) is 1.80. The van der Waals surface area contributed by atoms with E-state index in [4.69, 9.17) is 10.5 Å². The molecular formula is C13H16N2O2S. The molecule has 2 heterocycles. The van der Waals surface area contributed by atoms with E-state index in [1.54, 1.807) is 13.3 Å². The summed E-state index contributed by atoms with van der Waals surface area (Å²) in [5.41, 5.74) is 6.56. The molecule has 0 radical (unpaired) electrons. The van der Waals surface area contributed by atoms with E-state index in [2.05, 4.69) is 4.98 Å². The van der Waals surface area contributed by atoms with Gasteiger partial charge in [-0.1, -0.05) is 6.07 Å². The van der Waals surface area contributed by atoms with Crippen LogP contribution in [0.5, 0.6) is 5.75 Å². The van der Waals surface area contributed by atoms with Crippen LogP contribution in [-0.2, 0) is 0 Å². The number of hydrogen-bond donors (Lipinski definition) is 2. The van der Waals surface area contributed by atoms with E-state index in [1.807, 2.05) is 29.6 Å². The van der Waals surface area contributed by atoms with Crippen molar-refractivity contribution in [3.63, 3.8) is 0 Å². The molecule has 0 bridgehead atoms. The van der Waals surface area contributed by atoms with Crippen LogP contribution in [0.15, 0.2) is 35.8 Å². The maximum atomic E-state index is 10.4. The molecule has 0 aliphatic rings. The Bertz CT molecular complexity index is 487. The number of aliphatic hydroxyl groups excluding tert-OH is 1. The highest BCUT2D eigenvalue weighted by Crippen LogP contribution is 2.34. The smallest absolute Gasteiger partial charge is 0.129 e. The van der Waals surface area contributed by atoms with Gasteiger partial charge in [-0.2, -0.15) is 0 Å². The van der Waals surface area contributed by atoms with E-state index in [9.17, 15) is 5.11 Å². The zero-order chi connectivity index (χ0) is 13.0. The monoisotopic (exact) mass is 264 g/mol. The molecule has 0 fully saturated rings. The van der Waals surface area contributed by atoms with Gasteiger partial charge in [0.05, 0.1) is 13.2 Å². The fraction of sp³-hybridized carbons (Fsp3) is 0.308. The van der Waals surface area contributed by atoms with Gasteiger partial charge in [0.1, 0.15) is 5.75 Å². The second-order valence-electron chi connectivity index (χ2n) is 3.93. The molecule has 18 heavy (non-hydrogen) atoms. The largest absolute Gasteiger partial charge is 0.496 e. The number of thiophene rings is 1. The van der Waals surface area contributed by atoms with Crippen molar-refractivity contribution < 1.29 is 9.84 Å². The number of aromatic nitrogens is 1. The number of pyridine rings is 1. The maximum absolute atomic E-state index is 10.4. The predicted octanol–water partition coefficient (Wildman–Crippen LogP) is 1.93. The molecule has 0 aliphatic heterocycles. The summed E-state index contributed by atoms with van der Waals surface area (Å²) in [6.07, 6.45) is 1.05. The Balaban J connectivity index is 2.22. The summed E-state index contributed by atoms with van der Waals surface area (Å²) >= 11 is 1.46. The maximum Gasteiger partial charge on any atom is 0.129 e. The molecule has 0 amide bonds. The van der Waals surface area contributed by atoms with Crippen LogP contribution in [0.1, 0.15) is 22.6 Å². The fourth-order valence-corrected chi connectivity index (χ4v) is 2.71. The molecule has 2 aromatic rings. The quantitative estimate of drug-likeness (QED) is 0.866. The topological polar surface area (TPSA) is 68.4 Å². The lowest BCUT2D eigenvalue weighted by Gasteiger charge is -2.19. The van der Waals surface area contributed by atoms with Gasteiger partial charge in [-0.3, -0.25) is 4.98 Å². The van der Waals surface area contributed by atoms with E-state index in [1.165, 1.54) is 11.3 Å². The number of nitrogens with two attached hydrogens (primary N) is 1. The van der Waals surface area contributed by atoms with E-state index in [-0.39, 0.29) is 5.92 Å². The Kier molecular flexibility index (Phi) is 4.30. The average Bonchev–Trinajstić information content (AvgIpc) is 2.89.